The predicted molar refractivity (Wildman–Crippen MR) is 70.7 cm³/mol. The van der Waals surface area contributed by atoms with Crippen LogP contribution in [0.25, 0.3) is 0 Å². The van der Waals surface area contributed by atoms with Crippen LogP contribution in [-0.4, -0.2) is 23.4 Å². The summed E-state index contributed by atoms with van der Waals surface area (Å²) in [6, 6.07) is 5.73. The monoisotopic (exact) mass is 297 g/mol. The highest BCUT2D eigenvalue weighted by atomic mass is 19.4. The van der Waals surface area contributed by atoms with Crippen molar-refractivity contribution in [3.05, 3.63) is 54.1 Å². The Morgan fingerprint density at radius 1 is 1.19 bits per heavy atom. The van der Waals surface area contributed by atoms with Gasteiger partial charge in [-0.25, -0.2) is 0 Å². The number of alkyl halides is 3. The third-order valence-electron chi connectivity index (χ3n) is 2.89. The largest absolute Gasteiger partial charge is 0.573 e. The third-order valence-corrected chi connectivity index (χ3v) is 2.89. The van der Waals surface area contributed by atoms with Gasteiger partial charge in [0.25, 0.3) is 0 Å². The highest BCUT2D eigenvalue weighted by Crippen LogP contribution is 2.24. The first-order valence-electron chi connectivity index (χ1n) is 6.26. The second-order valence-electron chi connectivity index (χ2n) is 4.37. The first kappa shape index (κ1) is 15.2. The lowest BCUT2D eigenvalue weighted by molar-refractivity contribution is -0.274. The number of halogens is 3. The minimum absolute atomic E-state index is 0.0620. The number of rotatable bonds is 5. The molecule has 1 unspecified atom stereocenters. The lowest BCUT2D eigenvalue weighted by Gasteiger charge is -2.15. The molecule has 7 heteroatoms. The minimum Gasteiger partial charge on any atom is -0.406 e. The summed E-state index contributed by atoms with van der Waals surface area (Å²) in [6.45, 7) is 0. The van der Waals surface area contributed by atoms with Crippen LogP contribution in [0, 0.1) is 0 Å². The van der Waals surface area contributed by atoms with Crippen molar-refractivity contribution < 1.29 is 17.9 Å². The van der Waals surface area contributed by atoms with E-state index in [0.717, 1.165) is 11.3 Å². The summed E-state index contributed by atoms with van der Waals surface area (Å²) in [6.07, 6.45) is 0.748. The summed E-state index contributed by atoms with van der Waals surface area (Å²) >= 11 is 0. The Bertz CT molecular complexity index is 558. The molecule has 0 aliphatic rings. The van der Waals surface area contributed by atoms with E-state index in [2.05, 4.69) is 20.0 Å². The summed E-state index contributed by atoms with van der Waals surface area (Å²) in [5, 5.41) is 3.11. The average molecular weight is 297 g/mol. The van der Waals surface area contributed by atoms with Gasteiger partial charge in [-0.3, -0.25) is 9.97 Å². The molecule has 2 aromatic rings. The first-order chi connectivity index (χ1) is 9.98. The van der Waals surface area contributed by atoms with Gasteiger partial charge in [0.05, 0.1) is 11.7 Å². The fourth-order valence-corrected chi connectivity index (χ4v) is 1.91. The van der Waals surface area contributed by atoms with Gasteiger partial charge in [-0.1, -0.05) is 12.1 Å². The maximum absolute atomic E-state index is 12.1. The van der Waals surface area contributed by atoms with Crippen LogP contribution in [0.5, 0.6) is 5.75 Å². The molecule has 0 spiro atoms. The van der Waals surface area contributed by atoms with E-state index in [9.17, 15) is 13.2 Å². The number of hydrogen-bond acceptors (Lipinski definition) is 4. The van der Waals surface area contributed by atoms with Crippen molar-refractivity contribution in [3.8, 4) is 5.75 Å². The number of aromatic nitrogens is 2. The molecule has 2 rings (SSSR count). The number of nitrogens with one attached hydrogen (secondary N) is 1. The zero-order valence-electron chi connectivity index (χ0n) is 11.3. The van der Waals surface area contributed by atoms with E-state index in [0.29, 0.717) is 6.42 Å². The number of likely N-dealkylation sites (N-methyl/N-ethyl adjacent to an activating group) is 1. The molecular weight excluding hydrogens is 283 g/mol. The minimum atomic E-state index is -4.67. The SMILES string of the molecule is CNC(Cc1ccc(OC(F)(F)F)cc1)c1cnccn1. The van der Waals surface area contributed by atoms with E-state index in [1.807, 2.05) is 0 Å². The van der Waals surface area contributed by atoms with Crippen LogP contribution >= 0.6 is 0 Å². The van der Waals surface area contributed by atoms with Crippen LogP contribution < -0.4 is 10.1 Å². The molecule has 0 saturated heterocycles. The molecule has 21 heavy (non-hydrogen) atoms. The average Bonchev–Trinajstić information content (AvgIpc) is 2.46. The van der Waals surface area contributed by atoms with E-state index < -0.39 is 6.36 Å². The molecule has 0 aliphatic heterocycles. The molecule has 4 nitrogen and oxygen atoms in total. The molecule has 1 N–H and O–H groups in total. The van der Waals surface area contributed by atoms with Crippen molar-refractivity contribution >= 4 is 0 Å². The van der Waals surface area contributed by atoms with Gasteiger partial charge >= 0.3 is 6.36 Å². The lowest BCUT2D eigenvalue weighted by atomic mass is 10.0. The molecule has 1 atom stereocenters. The maximum Gasteiger partial charge on any atom is 0.573 e. The van der Waals surface area contributed by atoms with Gasteiger partial charge in [-0.05, 0) is 31.2 Å². The summed E-state index contributed by atoms with van der Waals surface area (Å²) in [4.78, 5) is 8.22. The van der Waals surface area contributed by atoms with E-state index in [4.69, 9.17) is 0 Å². The molecule has 0 bridgehead atoms. The third kappa shape index (κ3) is 4.71. The Morgan fingerprint density at radius 3 is 2.43 bits per heavy atom. The van der Waals surface area contributed by atoms with Crippen molar-refractivity contribution in [1.82, 2.24) is 15.3 Å². The summed E-state index contributed by atoms with van der Waals surface area (Å²) in [7, 11) is 1.79. The lowest BCUT2D eigenvalue weighted by Crippen LogP contribution is -2.20. The molecule has 0 amide bonds. The smallest absolute Gasteiger partial charge is 0.406 e. The molecule has 0 fully saturated rings. The standard InChI is InChI=1S/C14H14F3N3O/c1-18-12(13-9-19-6-7-20-13)8-10-2-4-11(5-3-10)21-14(15,16)17/h2-7,9,12,18H,8H2,1H3. The molecular formula is C14H14F3N3O. The van der Waals surface area contributed by atoms with Crippen molar-refractivity contribution in [3.63, 3.8) is 0 Å². The fourth-order valence-electron chi connectivity index (χ4n) is 1.91. The van der Waals surface area contributed by atoms with Crippen molar-refractivity contribution in [2.24, 2.45) is 0 Å². The molecule has 112 valence electrons. The van der Waals surface area contributed by atoms with E-state index in [1.165, 1.54) is 12.1 Å². The van der Waals surface area contributed by atoms with E-state index >= 15 is 0 Å². The first-order valence-corrected chi connectivity index (χ1v) is 6.26. The number of benzene rings is 1. The summed E-state index contributed by atoms with van der Waals surface area (Å²) in [5.41, 5.74) is 1.64. The van der Waals surface area contributed by atoms with Crippen LogP contribution in [0.2, 0.25) is 0 Å². The van der Waals surface area contributed by atoms with Crippen LogP contribution in [-0.2, 0) is 6.42 Å². The van der Waals surface area contributed by atoms with E-state index in [-0.39, 0.29) is 11.8 Å². The van der Waals surface area contributed by atoms with Gasteiger partial charge in [0, 0.05) is 18.6 Å². The maximum atomic E-state index is 12.1. The van der Waals surface area contributed by atoms with Gasteiger partial charge in [-0.2, -0.15) is 0 Å². The molecule has 1 heterocycles. The molecule has 0 radical (unpaired) electrons. The van der Waals surface area contributed by atoms with Crippen LogP contribution in [0.1, 0.15) is 17.3 Å². The Morgan fingerprint density at radius 2 is 1.90 bits per heavy atom. The molecule has 0 aliphatic carbocycles. The number of nitrogens with zero attached hydrogens (tertiary/aromatic N) is 2. The van der Waals surface area contributed by atoms with Crippen LogP contribution in [0.15, 0.2) is 42.9 Å². The highest BCUT2D eigenvalue weighted by molar-refractivity contribution is 5.28. The number of hydrogen-bond donors (Lipinski definition) is 1. The summed E-state index contributed by atoms with van der Waals surface area (Å²) < 4.78 is 40.1. The highest BCUT2D eigenvalue weighted by Gasteiger charge is 2.30. The Kier molecular flexibility index (Phi) is 4.74. The quantitative estimate of drug-likeness (QED) is 0.922. The Balaban J connectivity index is 2.05. The zero-order chi connectivity index (χ0) is 15.3. The van der Waals surface area contributed by atoms with Crippen molar-refractivity contribution in [1.29, 1.82) is 0 Å². The zero-order valence-corrected chi connectivity index (χ0v) is 11.3. The van der Waals surface area contributed by atoms with Gasteiger partial charge < -0.3 is 10.1 Å². The second-order valence-corrected chi connectivity index (χ2v) is 4.37. The van der Waals surface area contributed by atoms with Crippen molar-refractivity contribution in [2.45, 2.75) is 18.8 Å². The van der Waals surface area contributed by atoms with Gasteiger partial charge in [0.15, 0.2) is 0 Å². The second kappa shape index (κ2) is 6.53. The summed E-state index contributed by atoms with van der Waals surface area (Å²) in [5.74, 6) is -0.230. The van der Waals surface area contributed by atoms with Crippen LogP contribution in [0.4, 0.5) is 13.2 Å². The Labute approximate surface area is 120 Å². The molecule has 0 saturated carbocycles. The van der Waals surface area contributed by atoms with Crippen molar-refractivity contribution in [2.75, 3.05) is 7.05 Å². The predicted octanol–water partition coefficient (Wildman–Crippen LogP) is 2.88. The fraction of sp³-hybridized carbons (Fsp3) is 0.286. The van der Waals surface area contributed by atoms with Crippen LogP contribution in [0.3, 0.4) is 0 Å². The van der Waals surface area contributed by atoms with Gasteiger partial charge in [0.1, 0.15) is 5.75 Å². The van der Waals surface area contributed by atoms with E-state index in [1.54, 1.807) is 37.8 Å². The topological polar surface area (TPSA) is 47.0 Å². The van der Waals surface area contributed by atoms with Gasteiger partial charge in [-0.15, -0.1) is 13.2 Å². The van der Waals surface area contributed by atoms with Gasteiger partial charge in [0.2, 0.25) is 0 Å². The number of ether oxygens (including phenoxy) is 1. The Hall–Kier alpha value is -2.15. The molecule has 1 aromatic carbocycles. The molecule has 1 aromatic heterocycles. The normalized spacial score (nSPS) is 13.0.